The fraction of sp³-hybridized carbons (Fsp3) is 0.235. The molecular formula is C17H14BrFN2. The Morgan fingerprint density at radius 1 is 1.14 bits per heavy atom. The van der Waals surface area contributed by atoms with Crippen LogP contribution in [0.1, 0.15) is 29.9 Å². The lowest BCUT2D eigenvalue weighted by molar-refractivity contribution is 0.374. The zero-order valence-corrected chi connectivity index (χ0v) is 12.9. The Bertz CT molecular complexity index is 685. The molecular weight excluding hydrogens is 331 g/mol. The third-order valence-electron chi connectivity index (χ3n) is 3.94. The summed E-state index contributed by atoms with van der Waals surface area (Å²) in [5.74, 6) is 0.283. The largest absolute Gasteiger partial charge is 0.381 e. The van der Waals surface area contributed by atoms with E-state index in [1.54, 1.807) is 0 Å². The lowest BCUT2D eigenvalue weighted by Gasteiger charge is -2.37. The van der Waals surface area contributed by atoms with Gasteiger partial charge in [0.2, 0.25) is 0 Å². The van der Waals surface area contributed by atoms with Gasteiger partial charge in [0.05, 0.1) is 11.3 Å². The molecule has 3 rings (SSSR count). The summed E-state index contributed by atoms with van der Waals surface area (Å²) in [6.45, 7) is 0. The first-order chi connectivity index (χ1) is 10.2. The van der Waals surface area contributed by atoms with Crippen LogP contribution in [0, 0.1) is 17.1 Å². The van der Waals surface area contributed by atoms with Gasteiger partial charge in [-0.2, -0.15) is 5.26 Å². The summed E-state index contributed by atoms with van der Waals surface area (Å²) in [5, 5.41) is 12.6. The molecule has 0 amide bonds. The number of nitrogens with zero attached hydrogens (tertiary/aromatic N) is 1. The Morgan fingerprint density at radius 2 is 1.86 bits per heavy atom. The molecule has 4 heteroatoms. The monoisotopic (exact) mass is 344 g/mol. The SMILES string of the molecule is N#Cc1cc(Br)ccc1NC1CC(c2ccc(F)cc2)C1. The number of rotatable bonds is 3. The molecule has 2 aromatic rings. The number of hydrogen-bond donors (Lipinski definition) is 1. The van der Waals surface area contributed by atoms with Crippen LogP contribution in [0.25, 0.3) is 0 Å². The number of halogens is 2. The molecule has 1 fully saturated rings. The van der Waals surface area contributed by atoms with Crippen molar-refractivity contribution in [3.05, 3.63) is 63.9 Å². The lowest BCUT2D eigenvalue weighted by atomic mass is 9.76. The second-order valence-corrected chi connectivity index (χ2v) is 6.28. The van der Waals surface area contributed by atoms with Gasteiger partial charge < -0.3 is 5.32 Å². The van der Waals surface area contributed by atoms with E-state index < -0.39 is 0 Å². The zero-order valence-electron chi connectivity index (χ0n) is 11.3. The molecule has 106 valence electrons. The minimum Gasteiger partial charge on any atom is -0.381 e. The van der Waals surface area contributed by atoms with Crippen molar-refractivity contribution >= 4 is 21.6 Å². The number of benzene rings is 2. The van der Waals surface area contributed by atoms with Crippen molar-refractivity contribution < 1.29 is 4.39 Å². The van der Waals surface area contributed by atoms with Crippen molar-refractivity contribution in [3.63, 3.8) is 0 Å². The van der Waals surface area contributed by atoms with E-state index in [-0.39, 0.29) is 5.82 Å². The maximum absolute atomic E-state index is 12.9. The number of hydrogen-bond acceptors (Lipinski definition) is 2. The molecule has 1 aliphatic carbocycles. The molecule has 2 nitrogen and oxygen atoms in total. The topological polar surface area (TPSA) is 35.8 Å². The second kappa shape index (κ2) is 5.87. The van der Waals surface area contributed by atoms with Crippen LogP contribution in [0.4, 0.5) is 10.1 Å². The highest BCUT2D eigenvalue weighted by Crippen LogP contribution is 2.39. The van der Waals surface area contributed by atoms with E-state index in [0.717, 1.165) is 23.0 Å². The van der Waals surface area contributed by atoms with Gasteiger partial charge in [0, 0.05) is 10.5 Å². The molecule has 1 aliphatic rings. The van der Waals surface area contributed by atoms with Crippen LogP contribution < -0.4 is 5.32 Å². The molecule has 1 N–H and O–H groups in total. The van der Waals surface area contributed by atoms with E-state index in [1.807, 2.05) is 30.3 Å². The number of nitrogens with one attached hydrogen (secondary N) is 1. The minimum atomic E-state index is -0.193. The summed E-state index contributed by atoms with van der Waals surface area (Å²) in [5.41, 5.74) is 2.71. The average Bonchev–Trinajstić information content (AvgIpc) is 2.45. The summed E-state index contributed by atoms with van der Waals surface area (Å²) < 4.78 is 13.8. The molecule has 0 heterocycles. The van der Waals surface area contributed by atoms with Gasteiger partial charge in [0.25, 0.3) is 0 Å². The maximum Gasteiger partial charge on any atom is 0.123 e. The molecule has 21 heavy (non-hydrogen) atoms. The Labute approximate surface area is 131 Å². The van der Waals surface area contributed by atoms with E-state index in [9.17, 15) is 4.39 Å². The van der Waals surface area contributed by atoms with Gasteiger partial charge in [0.1, 0.15) is 11.9 Å². The van der Waals surface area contributed by atoms with Crippen molar-refractivity contribution in [1.29, 1.82) is 5.26 Å². The Hall–Kier alpha value is -1.86. The normalized spacial score (nSPS) is 20.4. The first kappa shape index (κ1) is 14.1. The summed E-state index contributed by atoms with van der Waals surface area (Å²) in [7, 11) is 0. The zero-order chi connectivity index (χ0) is 14.8. The van der Waals surface area contributed by atoms with Crippen molar-refractivity contribution in [2.45, 2.75) is 24.8 Å². The highest BCUT2D eigenvalue weighted by molar-refractivity contribution is 9.10. The van der Waals surface area contributed by atoms with Gasteiger partial charge in [-0.15, -0.1) is 0 Å². The first-order valence-corrected chi connectivity index (χ1v) is 7.66. The molecule has 0 bridgehead atoms. The van der Waals surface area contributed by atoms with Crippen molar-refractivity contribution in [3.8, 4) is 6.07 Å². The predicted molar refractivity (Wildman–Crippen MR) is 84.6 cm³/mol. The van der Waals surface area contributed by atoms with E-state index >= 15 is 0 Å². The fourth-order valence-electron chi connectivity index (χ4n) is 2.70. The van der Waals surface area contributed by atoms with Crippen LogP contribution in [0.5, 0.6) is 0 Å². The van der Waals surface area contributed by atoms with Gasteiger partial charge in [-0.1, -0.05) is 28.1 Å². The van der Waals surface area contributed by atoms with Crippen LogP contribution in [0.3, 0.4) is 0 Å². The molecule has 0 aromatic heterocycles. The van der Waals surface area contributed by atoms with Crippen molar-refractivity contribution in [1.82, 2.24) is 0 Å². The van der Waals surface area contributed by atoms with Gasteiger partial charge in [-0.25, -0.2) is 4.39 Å². The predicted octanol–water partition coefficient (Wildman–Crippen LogP) is 4.82. The summed E-state index contributed by atoms with van der Waals surface area (Å²) in [4.78, 5) is 0. The summed E-state index contributed by atoms with van der Waals surface area (Å²) >= 11 is 3.37. The van der Waals surface area contributed by atoms with E-state index in [1.165, 1.54) is 17.7 Å². The van der Waals surface area contributed by atoms with Crippen LogP contribution >= 0.6 is 15.9 Å². The van der Waals surface area contributed by atoms with Crippen molar-refractivity contribution in [2.24, 2.45) is 0 Å². The van der Waals surface area contributed by atoms with Crippen LogP contribution in [-0.4, -0.2) is 6.04 Å². The molecule has 0 saturated heterocycles. The minimum absolute atomic E-state index is 0.193. The average molecular weight is 345 g/mol. The van der Waals surface area contributed by atoms with E-state index in [2.05, 4.69) is 27.3 Å². The van der Waals surface area contributed by atoms with E-state index in [4.69, 9.17) is 5.26 Å². The third-order valence-corrected chi connectivity index (χ3v) is 4.43. The fourth-order valence-corrected chi connectivity index (χ4v) is 3.06. The van der Waals surface area contributed by atoms with Crippen molar-refractivity contribution in [2.75, 3.05) is 5.32 Å². The molecule has 0 atom stereocenters. The standard InChI is InChI=1S/C17H14BrFN2/c18-14-3-6-17(13(7-14)10-20)21-16-8-12(9-16)11-1-4-15(19)5-2-11/h1-7,12,16,21H,8-9H2. The van der Waals surface area contributed by atoms with Gasteiger partial charge in [0.15, 0.2) is 0 Å². The third kappa shape index (κ3) is 3.08. The molecule has 0 radical (unpaired) electrons. The molecule has 2 aromatic carbocycles. The summed E-state index contributed by atoms with van der Waals surface area (Å²) in [6.07, 6.45) is 2.01. The quantitative estimate of drug-likeness (QED) is 0.866. The van der Waals surface area contributed by atoms with Crippen LogP contribution in [0.15, 0.2) is 46.9 Å². The molecule has 0 aliphatic heterocycles. The number of nitriles is 1. The van der Waals surface area contributed by atoms with E-state index in [0.29, 0.717) is 17.5 Å². The van der Waals surface area contributed by atoms with Crippen LogP contribution in [0.2, 0.25) is 0 Å². The smallest absolute Gasteiger partial charge is 0.123 e. The molecule has 0 spiro atoms. The van der Waals surface area contributed by atoms with Gasteiger partial charge in [-0.3, -0.25) is 0 Å². The maximum atomic E-state index is 12.9. The van der Waals surface area contributed by atoms with Crippen LogP contribution in [-0.2, 0) is 0 Å². The second-order valence-electron chi connectivity index (χ2n) is 5.36. The number of anilines is 1. The Kier molecular flexibility index (Phi) is 3.94. The Balaban J connectivity index is 1.63. The highest BCUT2D eigenvalue weighted by atomic mass is 79.9. The molecule has 0 unspecified atom stereocenters. The first-order valence-electron chi connectivity index (χ1n) is 6.87. The highest BCUT2D eigenvalue weighted by Gasteiger charge is 2.30. The Morgan fingerprint density at radius 3 is 2.52 bits per heavy atom. The lowest BCUT2D eigenvalue weighted by Crippen LogP contribution is -2.34. The summed E-state index contributed by atoms with van der Waals surface area (Å²) in [6, 6.07) is 15.0. The van der Waals surface area contributed by atoms with Gasteiger partial charge in [-0.05, 0) is 54.7 Å². The van der Waals surface area contributed by atoms with Gasteiger partial charge >= 0.3 is 0 Å². The molecule has 1 saturated carbocycles.